The van der Waals surface area contributed by atoms with Crippen LogP contribution in [0, 0.1) is 10.1 Å². The Balaban J connectivity index is 1.98. The normalized spacial score (nSPS) is 11.3. The van der Waals surface area contributed by atoms with Crippen molar-refractivity contribution in [3.05, 3.63) is 56.3 Å². The van der Waals surface area contributed by atoms with Crippen LogP contribution in [0.3, 0.4) is 0 Å². The van der Waals surface area contributed by atoms with Gasteiger partial charge in [-0.2, -0.15) is 0 Å². The summed E-state index contributed by atoms with van der Waals surface area (Å²) in [6, 6.07) is 8.19. The van der Waals surface area contributed by atoms with E-state index in [1.165, 1.54) is 30.4 Å². The van der Waals surface area contributed by atoms with E-state index in [1.807, 2.05) is 0 Å². The molecule has 9 heteroatoms. The van der Waals surface area contributed by atoms with Crippen molar-refractivity contribution in [1.82, 2.24) is 4.72 Å². The summed E-state index contributed by atoms with van der Waals surface area (Å²) < 4.78 is 26.6. The highest BCUT2D eigenvalue weighted by atomic mass is 32.2. The number of rotatable bonds is 7. The summed E-state index contributed by atoms with van der Waals surface area (Å²) >= 11 is 1.33. The van der Waals surface area contributed by atoms with E-state index < -0.39 is 14.9 Å². The Labute approximate surface area is 137 Å². The van der Waals surface area contributed by atoms with Crippen molar-refractivity contribution in [2.75, 3.05) is 6.54 Å². The number of carbonyl (C=O) groups is 1. The van der Waals surface area contributed by atoms with Gasteiger partial charge in [-0.25, -0.2) is 13.1 Å². The monoisotopic (exact) mass is 354 g/mol. The smallest absolute Gasteiger partial charge is 0.269 e. The lowest BCUT2D eigenvalue weighted by Gasteiger charge is -2.05. The molecule has 122 valence electrons. The zero-order valence-corrected chi connectivity index (χ0v) is 13.8. The Bertz CT molecular complexity index is 825. The van der Waals surface area contributed by atoms with Gasteiger partial charge >= 0.3 is 0 Å². The summed E-state index contributed by atoms with van der Waals surface area (Å²) in [4.78, 5) is 22.7. The second kappa shape index (κ2) is 6.99. The highest BCUT2D eigenvalue weighted by molar-refractivity contribution is 7.89. The third kappa shape index (κ3) is 4.44. The summed E-state index contributed by atoms with van der Waals surface area (Å²) in [6.45, 7) is 1.66. The lowest BCUT2D eigenvalue weighted by atomic mass is 10.3. The van der Waals surface area contributed by atoms with Crippen LogP contribution in [-0.4, -0.2) is 25.7 Å². The molecule has 1 N–H and O–H groups in total. The molecule has 1 aromatic heterocycles. The number of nitro benzene ring substituents is 1. The third-order valence-electron chi connectivity index (χ3n) is 3.03. The quantitative estimate of drug-likeness (QED) is 0.467. The molecule has 0 unspecified atom stereocenters. The highest BCUT2D eigenvalue weighted by Crippen LogP contribution is 2.18. The molecule has 0 amide bonds. The highest BCUT2D eigenvalue weighted by Gasteiger charge is 2.15. The first-order valence-electron chi connectivity index (χ1n) is 6.63. The van der Waals surface area contributed by atoms with Gasteiger partial charge in [-0.05, 0) is 37.6 Å². The molecule has 1 heterocycles. The second-order valence-electron chi connectivity index (χ2n) is 4.72. The molecular formula is C14H14N2O5S2. The van der Waals surface area contributed by atoms with Crippen LogP contribution in [0.5, 0.6) is 0 Å². The first-order chi connectivity index (χ1) is 10.8. The predicted octanol–water partition coefficient (Wildman–Crippen LogP) is 2.38. The van der Waals surface area contributed by atoms with Gasteiger partial charge in [-0.3, -0.25) is 14.9 Å². The largest absolute Gasteiger partial charge is 0.294 e. The molecule has 0 spiro atoms. The van der Waals surface area contributed by atoms with Crippen LogP contribution in [0.2, 0.25) is 0 Å². The van der Waals surface area contributed by atoms with Crippen LogP contribution in [0.4, 0.5) is 5.69 Å². The SMILES string of the molecule is CC(=O)c1ccc(CCNS(=O)(=O)c2ccc([N+](=O)[O-])cc2)s1. The molecule has 0 aliphatic rings. The molecule has 7 nitrogen and oxygen atoms in total. The first kappa shape index (κ1) is 17.3. The molecule has 0 radical (unpaired) electrons. The lowest BCUT2D eigenvalue weighted by molar-refractivity contribution is -0.384. The number of Topliss-reactive ketones (excluding diaryl/α,β-unsaturated/α-hetero) is 1. The van der Waals surface area contributed by atoms with Gasteiger partial charge in [0.25, 0.3) is 5.69 Å². The molecule has 0 aliphatic heterocycles. The minimum Gasteiger partial charge on any atom is -0.294 e. The van der Waals surface area contributed by atoms with E-state index in [-0.39, 0.29) is 22.9 Å². The van der Waals surface area contributed by atoms with E-state index in [0.29, 0.717) is 11.3 Å². The van der Waals surface area contributed by atoms with Gasteiger partial charge in [-0.15, -0.1) is 11.3 Å². The Morgan fingerprint density at radius 3 is 2.39 bits per heavy atom. The molecule has 0 saturated heterocycles. The van der Waals surface area contributed by atoms with Crippen LogP contribution in [0.25, 0.3) is 0 Å². The summed E-state index contributed by atoms with van der Waals surface area (Å²) in [5.74, 6) is -0.0206. The minimum absolute atomic E-state index is 0.0206. The third-order valence-corrected chi connectivity index (χ3v) is 5.75. The maximum atomic E-state index is 12.1. The Morgan fingerprint density at radius 1 is 1.22 bits per heavy atom. The maximum Gasteiger partial charge on any atom is 0.269 e. The van der Waals surface area contributed by atoms with Crippen molar-refractivity contribution in [1.29, 1.82) is 0 Å². The number of hydrogen-bond acceptors (Lipinski definition) is 6. The number of sulfonamides is 1. The van der Waals surface area contributed by atoms with Gasteiger partial charge < -0.3 is 0 Å². The van der Waals surface area contributed by atoms with Crippen LogP contribution in [0.1, 0.15) is 21.5 Å². The van der Waals surface area contributed by atoms with Gasteiger partial charge in [-0.1, -0.05) is 0 Å². The van der Waals surface area contributed by atoms with Crippen LogP contribution >= 0.6 is 11.3 Å². The van der Waals surface area contributed by atoms with Crippen molar-refractivity contribution < 1.29 is 18.1 Å². The summed E-state index contributed by atoms with van der Waals surface area (Å²) in [6.07, 6.45) is 0.462. The van der Waals surface area contributed by atoms with Crippen molar-refractivity contribution >= 4 is 32.8 Å². The molecule has 1 aromatic carbocycles. The van der Waals surface area contributed by atoms with E-state index in [0.717, 1.165) is 17.0 Å². The second-order valence-corrected chi connectivity index (χ2v) is 7.66. The minimum atomic E-state index is -3.72. The van der Waals surface area contributed by atoms with E-state index in [1.54, 1.807) is 12.1 Å². The molecular weight excluding hydrogens is 340 g/mol. The lowest BCUT2D eigenvalue weighted by Crippen LogP contribution is -2.25. The molecule has 0 bridgehead atoms. The van der Waals surface area contributed by atoms with Crippen LogP contribution < -0.4 is 4.72 Å². The van der Waals surface area contributed by atoms with Gasteiger partial charge in [0.2, 0.25) is 10.0 Å². The first-order valence-corrected chi connectivity index (χ1v) is 8.93. The number of nitrogens with zero attached hydrogens (tertiary/aromatic N) is 1. The van der Waals surface area contributed by atoms with Crippen molar-refractivity contribution in [3.8, 4) is 0 Å². The Kier molecular flexibility index (Phi) is 5.24. The van der Waals surface area contributed by atoms with Crippen molar-refractivity contribution in [2.45, 2.75) is 18.2 Å². The molecule has 0 atom stereocenters. The van der Waals surface area contributed by atoms with E-state index in [2.05, 4.69) is 4.72 Å². The fourth-order valence-electron chi connectivity index (χ4n) is 1.84. The number of nitro groups is 1. The van der Waals surface area contributed by atoms with E-state index in [4.69, 9.17) is 0 Å². The molecule has 23 heavy (non-hydrogen) atoms. The molecule has 0 aliphatic carbocycles. The molecule has 0 fully saturated rings. The fraction of sp³-hybridized carbons (Fsp3) is 0.214. The van der Waals surface area contributed by atoms with Gasteiger partial charge in [0.15, 0.2) is 5.78 Å². The number of ketones is 1. The number of hydrogen-bond donors (Lipinski definition) is 1. The van der Waals surface area contributed by atoms with E-state index in [9.17, 15) is 23.3 Å². The fourth-order valence-corrected chi connectivity index (χ4v) is 3.77. The number of thiophene rings is 1. The van der Waals surface area contributed by atoms with Crippen LogP contribution in [-0.2, 0) is 16.4 Å². The predicted molar refractivity (Wildman–Crippen MR) is 86.3 cm³/mol. The summed E-state index contributed by atoms with van der Waals surface area (Å²) in [7, 11) is -3.72. The van der Waals surface area contributed by atoms with E-state index >= 15 is 0 Å². The molecule has 2 rings (SSSR count). The zero-order chi connectivity index (χ0) is 17.0. The maximum absolute atomic E-state index is 12.1. The average molecular weight is 354 g/mol. The topological polar surface area (TPSA) is 106 Å². The van der Waals surface area contributed by atoms with Gasteiger partial charge in [0, 0.05) is 23.6 Å². The Hall–Kier alpha value is -2.10. The van der Waals surface area contributed by atoms with Gasteiger partial charge in [0.05, 0.1) is 14.7 Å². The standard InChI is InChI=1S/C14H14N2O5S2/c1-10(17)14-7-4-12(22-14)8-9-15-23(20,21)13-5-2-11(3-6-13)16(18)19/h2-7,15H,8-9H2,1H3. The summed E-state index contributed by atoms with van der Waals surface area (Å²) in [5, 5.41) is 10.6. The van der Waals surface area contributed by atoms with Crippen molar-refractivity contribution in [3.63, 3.8) is 0 Å². The number of carbonyl (C=O) groups excluding carboxylic acids is 1. The number of benzene rings is 1. The summed E-state index contributed by atoms with van der Waals surface area (Å²) in [5.41, 5.74) is -0.167. The molecule has 2 aromatic rings. The zero-order valence-electron chi connectivity index (χ0n) is 12.2. The average Bonchev–Trinajstić information content (AvgIpc) is 2.96. The number of non-ortho nitro benzene ring substituents is 1. The molecule has 0 saturated carbocycles. The van der Waals surface area contributed by atoms with Crippen LogP contribution in [0.15, 0.2) is 41.3 Å². The van der Waals surface area contributed by atoms with Gasteiger partial charge in [0.1, 0.15) is 0 Å². The Morgan fingerprint density at radius 2 is 1.87 bits per heavy atom. The number of nitrogens with one attached hydrogen (secondary N) is 1. The van der Waals surface area contributed by atoms with Crippen molar-refractivity contribution in [2.24, 2.45) is 0 Å².